The minimum absolute atomic E-state index is 0.0178. The van der Waals surface area contributed by atoms with Crippen molar-refractivity contribution in [1.29, 1.82) is 0 Å². The fraction of sp³-hybridized carbons (Fsp3) is 0.444. The lowest BCUT2D eigenvalue weighted by Crippen LogP contribution is -2.42. The molecule has 0 aliphatic rings. The second-order valence-electron chi connectivity index (χ2n) is 6.53. The second-order valence-corrected chi connectivity index (χ2v) is 6.53. The molecular weight excluding hydrogens is 318 g/mol. The van der Waals surface area contributed by atoms with E-state index in [4.69, 9.17) is 5.73 Å². The molecule has 0 aliphatic carbocycles. The molecule has 7 nitrogen and oxygen atoms in total. The molecule has 1 atom stereocenters. The Labute approximate surface area is 147 Å². The standard InChI is InChI=1S/C18H25N5O2/c1-11(2)7-14(9-19)22-16(24)8-15-12(3)21-17(23-18(15)25)13-5-4-6-20-10-13/h4-6,10-11,14H,7-9,19H2,1-3H3,(H,22,24)(H,21,23,25). The Hall–Kier alpha value is -2.54. The van der Waals surface area contributed by atoms with Gasteiger partial charge in [-0.1, -0.05) is 13.8 Å². The van der Waals surface area contributed by atoms with Crippen molar-refractivity contribution < 1.29 is 4.79 Å². The molecule has 2 aromatic heterocycles. The van der Waals surface area contributed by atoms with Gasteiger partial charge in [-0.05, 0) is 31.4 Å². The van der Waals surface area contributed by atoms with Gasteiger partial charge in [-0.3, -0.25) is 14.6 Å². The fourth-order valence-electron chi connectivity index (χ4n) is 2.68. The molecule has 0 aliphatic heterocycles. The normalized spacial score (nSPS) is 12.2. The zero-order valence-electron chi connectivity index (χ0n) is 14.9. The summed E-state index contributed by atoms with van der Waals surface area (Å²) >= 11 is 0. The van der Waals surface area contributed by atoms with Crippen LogP contribution in [-0.4, -0.2) is 33.4 Å². The van der Waals surface area contributed by atoms with Crippen molar-refractivity contribution in [2.45, 2.75) is 39.7 Å². The van der Waals surface area contributed by atoms with Crippen LogP contribution in [-0.2, 0) is 11.2 Å². The van der Waals surface area contributed by atoms with Crippen molar-refractivity contribution in [3.8, 4) is 11.4 Å². The summed E-state index contributed by atoms with van der Waals surface area (Å²) in [6.07, 6.45) is 4.06. The van der Waals surface area contributed by atoms with Gasteiger partial charge in [-0.2, -0.15) is 0 Å². The molecule has 0 saturated heterocycles. The van der Waals surface area contributed by atoms with E-state index in [2.05, 4.69) is 34.1 Å². The quantitative estimate of drug-likeness (QED) is 0.698. The predicted molar refractivity (Wildman–Crippen MR) is 97.0 cm³/mol. The minimum Gasteiger partial charge on any atom is -0.352 e. The van der Waals surface area contributed by atoms with Crippen molar-refractivity contribution in [3.63, 3.8) is 0 Å². The van der Waals surface area contributed by atoms with Crippen molar-refractivity contribution in [2.24, 2.45) is 11.7 Å². The summed E-state index contributed by atoms with van der Waals surface area (Å²) in [5.41, 5.74) is 7.02. The van der Waals surface area contributed by atoms with Gasteiger partial charge >= 0.3 is 0 Å². The summed E-state index contributed by atoms with van der Waals surface area (Å²) in [4.78, 5) is 35.8. The Morgan fingerprint density at radius 3 is 2.72 bits per heavy atom. The number of pyridine rings is 1. The Morgan fingerprint density at radius 1 is 1.40 bits per heavy atom. The van der Waals surface area contributed by atoms with Gasteiger partial charge in [0, 0.05) is 41.8 Å². The summed E-state index contributed by atoms with van der Waals surface area (Å²) in [7, 11) is 0. The number of aromatic nitrogens is 3. The topological polar surface area (TPSA) is 114 Å². The zero-order chi connectivity index (χ0) is 18.4. The van der Waals surface area contributed by atoms with Gasteiger partial charge in [0.1, 0.15) is 5.82 Å². The van der Waals surface area contributed by atoms with Gasteiger partial charge in [-0.15, -0.1) is 0 Å². The third kappa shape index (κ3) is 5.22. The SMILES string of the molecule is Cc1nc(-c2cccnc2)[nH]c(=O)c1CC(=O)NC(CN)CC(C)C. The summed E-state index contributed by atoms with van der Waals surface area (Å²) < 4.78 is 0. The molecule has 2 heterocycles. The van der Waals surface area contributed by atoms with Crippen LogP contribution in [0.25, 0.3) is 11.4 Å². The maximum Gasteiger partial charge on any atom is 0.255 e. The molecule has 0 saturated carbocycles. The van der Waals surface area contributed by atoms with Crippen molar-refractivity contribution in [1.82, 2.24) is 20.3 Å². The number of nitrogens with two attached hydrogens (primary N) is 1. The van der Waals surface area contributed by atoms with E-state index >= 15 is 0 Å². The first-order chi connectivity index (χ1) is 11.9. The fourth-order valence-corrected chi connectivity index (χ4v) is 2.68. The number of aryl methyl sites for hydroxylation is 1. The van der Waals surface area contributed by atoms with Crippen LogP contribution in [0, 0.1) is 12.8 Å². The Balaban J connectivity index is 2.15. The highest BCUT2D eigenvalue weighted by Crippen LogP contribution is 2.13. The summed E-state index contributed by atoms with van der Waals surface area (Å²) in [6, 6.07) is 3.50. The van der Waals surface area contributed by atoms with E-state index in [0.717, 1.165) is 12.0 Å². The molecule has 0 bridgehead atoms. The lowest BCUT2D eigenvalue weighted by Gasteiger charge is -2.19. The van der Waals surface area contributed by atoms with Crippen LogP contribution in [0.15, 0.2) is 29.3 Å². The summed E-state index contributed by atoms with van der Waals surface area (Å²) in [6.45, 7) is 6.25. The summed E-state index contributed by atoms with van der Waals surface area (Å²) in [5.74, 6) is 0.652. The van der Waals surface area contributed by atoms with E-state index in [1.54, 1.807) is 25.4 Å². The van der Waals surface area contributed by atoms with E-state index in [-0.39, 0.29) is 23.9 Å². The van der Waals surface area contributed by atoms with E-state index in [0.29, 0.717) is 29.5 Å². The third-order valence-electron chi connectivity index (χ3n) is 3.90. The first-order valence-electron chi connectivity index (χ1n) is 8.40. The van der Waals surface area contributed by atoms with Gasteiger partial charge in [0.2, 0.25) is 5.91 Å². The number of H-pyrrole nitrogens is 1. The van der Waals surface area contributed by atoms with Crippen LogP contribution < -0.4 is 16.6 Å². The van der Waals surface area contributed by atoms with Gasteiger partial charge in [0.05, 0.1) is 6.42 Å². The van der Waals surface area contributed by atoms with Crippen LogP contribution in [0.4, 0.5) is 0 Å². The molecule has 0 aromatic carbocycles. The molecule has 1 unspecified atom stereocenters. The van der Waals surface area contributed by atoms with Crippen molar-refractivity contribution in [2.75, 3.05) is 6.54 Å². The van der Waals surface area contributed by atoms with Crippen LogP contribution in [0.2, 0.25) is 0 Å². The number of hydrogen-bond acceptors (Lipinski definition) is 5. The lowest BCUT2D eigenvalue weighted by molar-refractivity contribution is -0.121. The summed E-state index contributed by atoms with van der Waals surface area (Å²) in [5, 5.41) is 2.89. The number of nitrogens with zero attached hydrogens (tertiary/aromatic N) is 2. The number of carbonyl (C=O) groups excluding carboxylic acids is 1. The highest BCUT2D eigenvalue weighted by atomic mass is 16.2. The van der Waals surface area contributed by atoms with Crippen LogP contribution in [0.5, 0.6) is 0 Å². The highest BCUT2D eigenvalue weighted by Gasteiger charge is 2.17. The van der Waals surface area contributed by atoms with Crippen LogP contribution >= 0.6 is 0 Å². The Kier molecular flexibility index (Phi) is 6.41. The first-order valence-corrected chi connectivity index (χ1v) is 8.40. The van der Waals surface area contributed by atoms with E-state index in [1.807, 2.05) is 6.07 Å². The monoisotopic (exact) mass is 343 g/mol. The Bertz CT molecular complexity index is 771. The molecular formula is C18H25N5O2. The third-order valence-corrected chi connectivity index (χ3v) is 3.90. The van der Waals surface area contributed by atoms with Crippen molar-refractivity contribution >= 4 is 5.91 Å². The van der Waals surface area contributed by atoms with E-state index in [1.165, 1.54) is 0 Å². The molecule has 0 fully saturated rings. The van der Waals surface area contributed by atoms with E-state index in [9.17, 15) is 9.59 Å². The van der Waals surface area contributed by atoms with Gasteiger partial charge in [0.25, 0.3) is 5.56 Å². The van der Waals surface area contributed by atoms with Gasteiger partial charge in [0.15, 0.2) is 0 Å². The molecule has 7 heteroatoms. The molecule has 134 valence electrons. The molecule has 4 N–H and O–H groups in total. The van der Waals surface area contributed by atoms with Gasteiger partial charge in [-0.25, -0.2) is 4.98 Å². The highest BCUT2D eigenvalue weighted by molar-refractivity contribution is 5.79. The van der Waals surface area contributed by atoms with Gasteiger partial charge < -0.3 is 16.0 Å². The maximum absolute atomic E-state index is 12.4. The first kappa shape index (κ1) is 18.8. The largest absolute Gasteiger partial charge is 0.352 e. The molecule has 0 radical (unpaired) electrons. The number of rotatable bonds is 7. The Morgan fingerprint density at radius 2 is 2.16 bits per heavy atom. The molecule has 1 amide bonds. The zero-order valence-corrected chi connectivity index (χ0v) is 14.9. The lowest BCUT2D eigenvalue weighted by atomic mass is 10.0. The average Bonchev–Trinajstić information content (AvgIpc) is 2.57. The minimum atomic E-state index is -0.310. The second kappa shape index (κ2) is 8.53. The molecule has 2 aromatic rings. The van der Waals surface area contributed by atoms with Crippen LogP contribution in [0.1, 0.15) is 31.5 Å². The molecule has 2 rings (SSSR count). The predicted octanol–water partition coefficient (Wildman–Crippen LogP) is 1.17. The average molecular weight is 343 g/mol. The molecule has 0 spiro atoms. The van der Waals surface area contributed by atoms with Crippen molar-refractivity contribution in [3.05, 3.63) is 46.1 Å². The van der Waals surface area contributed by atoms with Crippen LogP contribution in [0.3, 0.4) is 0 Å². The number of amides is 1. The van der Waals surface area contributed by atoms with E-state index < -0.39 is 0 Å². The number of carbonyl (C=O) groups is 1. The number of nitrogens with one attached hydrogen (secondary N) is 2. The molecule has 25 heavy (non-hydrogen) atoms. The number of aromatic amines is 1. The maximum atomic E-state index is 12.4. The number of hydrogen-bond donors (Lipinski definition) is 3. The smallest absolute Gasteiger partial charge is 0.255 e.